The summed E-state index contributed by atoms with van der Waals surface area (Å²) in [4.78, 5) is 22.1. The number of rotatable bonds is 5. The minimum atomic E-state index is -0.196. The molecule has 1 aliphatic heterocycles. The molecule has 0 radical (unpaired) electrons. The maximum absolute atomic E-state index is 12.9. The molecular formula is C19H24N4OS. The lowest BCUT2D eigenvalue weighted by molar-refractivity contribution is -0.126. The number of aromatic nitrogens is 1. The van der Waals surface area contributed by atoms with Crippen LogP contribution in [-0.4, -0.2) is 48.0 Å². The summed E-state index contributed by atoms with van der Waals surface area (Å²) in [6, 6.07) is 10.4. The first-order valence-corrected chi connectivity index (χ1v) is 9.93. The van der Waals surface area contributed by atoms with Crippen molar-refractivity contribution in [1.29, 1.82) is 0 Å². The predicted molar refractivity (Wildman–Crippen MR) is 101 cm³/mol. The second-order valence-corrected chi connectivity index (χ2v) is 7.66. The topological polar surface area (TPSA) is 48.5 Å². The van der Waals surface area contributed by atoms with Gasteiger partial charge in [-0.05, 0) is 24.8 Å². The third-order valence-corrected chi connectivity index (χ3v) is 5.71. The van der Waals surface area contributed by atoms with Crippen molar-refractivity contribution < 1.29 is 4.79 Å². The van der Waals surface area contributed by atoms with Gasteiger partial charge in [0.15, 0.2) is 5.13 Å². The Labute approximate surface area is 152 Å². The SMILES string of the molecule is O=C(NC1CC1)C(c1ccccc1)N1CCCN(c2nccs2)CC1. The maximum atomic E-state index is 12.9. The number of hydrogen-bond donors (Lipinski definition) is 1. The van der Waals surface area contributed by atoms with Crippen molar-refractivity contribution in [3.63, 3.8) is 0 Å². The largest absolute Gasteiger partial charge is 0.352 e. The Morgan fingerprint density at radius 1 is 1.16 bits per heavy atom. The Morgan fingerprint density at radius 3 is 2.72 bits per heavy atom. The Morgan fingerprint density at radius 2 is 2.00 bits per heavy atom. The summed E-state index contributed by atoms with van der Waals surface area (Å²) in [6.45, 7) is 3.71. The minimum absolute atomic E-state index is 0.149. The maximum Gasteiger partial charge on any atom is 0.242 e. The highest BCUT2D eigenvalue weighted by Crippen LogP contribution is 2.27. The van der Waals surface area contributed by atoms with Gasteiger partial charge in [-0.25, -0.2) is 4.98 Å². The van der Waals surface area contributed by atoms with Crippen LogP contribution in [0, 0.1) is 0 Å². The average molecular weight is 356 g/mol. The molecule has 1 N–H and O–H groups in total. The van der Waals surface area contributed by atoms with Crippen molar-refractivity contribution in [2.75, 3.05) is 31.1 Å². The first-order chi connectivity index (χ1) is 12.3. The van der Waals surface area contributed by atoms with Crippen LogP contribution in [-0.2, 0) is 4.79 Å². The van der Waals surface area contributed by atoms with Crippen LogP contribution in [0.2, 0.25) is 0 Å². The molecule has 5 nitrogen and oxygen atoms in total. The van der Waals surface area contributed by atoms with E-state index in [9.17, 15) is 4.79 Å². The molecule has 0 bridgehead atoms. The monoisotopic (exact) mass is 356 g/mol. The van der Waals surface area contributed by atoms with Crippen LogP contribution < -0.4 is 10.2 Å². The van der Waals surface area contributed by atoms with Crippen molar-refractivity contribution >= 4 is 22.4 Å². The molecule has 1 aliphatic carbocycles. The second kappa shape index (κ2) is 7.54. The van der Waals surface area contributed by atoms with E-state index in [1.807, 2.05) is 29.8 Å². The first-order valence-electron chi connectivity index (χ1n) is 9.05. The van der Waals surface area contributed by atoms with Gasteiger partial charge >= 0.3 is 0 Å². The van der Waals surface area contributed by atoms with Gasteiger partial charge in [0, 0.05) is 43.8 Å². The Kier molecular flexibility index (Phi) is 4.99. The summed E-state index contributed by atoms with van der Waals surface area (Å²) < 4.78 is 0. The van der Waals surface area contributed by atoms with Crippen LogP contribution >= 0.6 is 11.3 Å². The predicted octanol–water partition coefficient (Wildman–Crippen LogP) is 2.68. The van der Waals surface area contributed by atoms with E-state index in [0.717, 1.165) is 56.1 Å². The molecule has 2 aromatic rings. The van der Waals surface area contributed by atoms with Crippen molar-refractivity contribution in [1.82, 2.24) is 15.2 Å². The number of amides is 1. The molecule has 1 amide bonds. The number of anilines is 1. The fourth-order valence-electron chi connectivity index (χ4n) is 3.43. The van der Waals surface area contributed by atoms with Gasteiger partial charge < -0.3 is 10.2 Å². The van der Waals surface area contributed by atoms with Crippen LogP contribution in [0.1, 0.15) is 30.9 Å². The zero-order valence-electron chi connectivity index (χ0n) is 14.3. The van der Waals surface area contributed by atoms with Gasteiger partial charge in [-0.1, -0.05) is 30.3 Å². The van der Waals surface area contributed by atoms with Crippen molar-refractivity contribution in [2.24, 2.45) is 0 Å². The zero-order valence-corrected chi connectivity index (χ0v) is 15.1. The number of nitrogens with one attached hydrogen (secondary N) is 1. The standard InChI is InChI=1S/C19H24N4OS/c24-18(21-16-7-8-16)17(15-5-2-1-3-6-15)22-10-4-11-23(13-12-22)19-20-9-14-25-19/h1-3,5-6,9,14,16-17H,4,7-8,10-13H2,(H,21,24). The molecule has 2 aliphatic rings. The molecule has 2 heterocycles. The number of nitrogens with zero attached hydrogens (tertiary/aromatic N) is 3. The summed E-state index contributed by atoms with van der Waals surface area (Å²) in [7, 11) is 0. The smallest absolute Gasteiger partial charge is 0.242 e. The molecule has 25 heavy (non-hydrogen) atoms. The Balaban J connectivity index is 1.51. The molecule has 132 valence electrons. The highest BCUT2D eigenvalue weighted by Gasteiger charge is 2.33. The molecule has 0 spiro atoms. The van der Waals surface area contributed by atoms with Crippen molar-refractivity contribution in [3.05, 3.63) is 47.5 Å². The van der Waals surface area contributed by atoms with E-state index in [2.05, 4.69) is 32.2 Å². The summed E-state index contributed by atoms with van der Waals surface area (Å²) in [5, 5.41) is 6.31. The lowest BCUT2D eigenvalue weighted by Gasteiger charge is -2.30. The van der Waals surface area contributed by atoms with E-state index < -0.39 is 0 Å². The molecule has 4 rings (SSSR count). The average Bonchev–Trinajstić information content (AvgIpc) is 3.34. The summed E-state index contributed by atoms with van der Waals surface area (Å²) in [5.41, 5.74) is 1.09. The van der Waals surface area contributed by atoms with Gasteiger partial charge in [0.05, 0.1) is 0 Å². The highest BCUT2D eigenvalue weighted by molar-refractivity contribution is 7.13. The summed E-state index contributed by atoms with van der Waals surface area (Å²) >= 11 is 1.68. The number of carbonyl (C=O) groups excluding carboxylic acids is 1. The molecule has 1 aromatic heterocycles. The fourth-order valence-corrected chi connectivity index (χ4v) is 4.13. The van der Waals surface area contributed by atoms with Crippen LogP contribution in [0.5, 0.6) is 0 Å². The molecule has 2 fully saturated rings. The Bertz CT molecular complexity index is 687. The lowest BCUT2D eigenvalue weighted by atomic mass is 10.0. The number of carbonyl (C=O) groups is 1. The van der Waals surface area contributed by atoms with E-state index in [1.54, 1.807) is 11.3 Å². The molecule has 1 saturated heterocycles. The van der Waals surface area contributed by atoms with Gasteiger partial charge in [-0.2, -0.15) is 0 Å². The quantitative estimate of drug-likeness (QED) is 0.895. The van der Waals surface area contributed by atoms with Gasteiger partial charge in [0.1, 0.15) is 6.04 Å². The van der Waals surface area contributed by atoms with E-state index in [1.165, 1.54) is 0 Å². The van der Waals surface area contributed by atoms with Crippen LogP contribution in [0.3, 0.4) is 0 Å². The normalized spacial score (nSPS) is 20.1. The van der Waals surface area contributed by atoms with E-state index in [-0.39, 0.29) is 11.9 Å². The third kappa shape index (κ3) is 4.02. The lowest BCUT2D eigenvalue weighted by Crippen LogP contribution is -2.43. The van der Waals surface area contributed by atoms with Gasteiger partial charge in [-0.15, -0.1) is 11.3 Å². The van der Waals surface area contributed by atoms with E-state index in [0.29, 0.717) is 6.04 Å². The molecule has 1 unspecified atom stereocenters. The molecule has 1 aromatic carbocycles. The van der Waals surface area contributed by atoms with Gasteiger partial charge in [-0.3, -0.25) is 9.69 Å². The molecule has 6 heteroatoms. The van der Waals surface area contributed by atoms with Crippen LogP contribution in [0.15, 0.2) is 41.9 Å². The zero-order chi connectivity index (χ0) is 17.1. The fraction of sp³-hybridized carbons (Fsp3) is 0.474. The molecular weight excluding hydrogens is 332 g/mol. The number of hydrogen-bond acceptors (Lipinski definition) is 5. The van der Waals surface area contributed by atoms with Crippen molar-refractivity contribution in [2.45, 2.75) is 31.3 Å². The summed E-state index contributed by atoms with van der Waals surface area (Å²) in [6.07, 6.45) is 5.13. The second-order valence-electron chi connectivity index (χ2n) is 6.79. The van der Waals surface area contributed by atoms with Crippen LogP contribution in [0.4, 0.5) is 5.13 Å². The van der Waals surface area contributed by atoms with E-state index in [4.69, 9.17) is 0 Å². The van der Waals surface area contributed by atoms with Gasteiger partial charge in [0.25, 0.3) is 0 Å². The number of thiazole rings is 1. The third-order valence-electron chi connectivity index (χ3n) is 4.87. The highest BCUT2D eigenvalue weighted by atomic mass is 32.1. The van der Waals surface area contributed by atoms with E-state index >= 15 is 0 Å². The van der Waals surface area contributed by atoms with Crippen LogP contribution in [0.25, 0.3) is 0 Å². The summed E-state index contributed by atoms with van der Waals surface area (Å²) in [5.74, 6) is 0.149. The molecule has 1 atom stereocenters. The van der Waals surface area contributed by atoms with Crippen molar-refractivity contribution in [3.8, 4) is 0 Å². The minimum Gasteiger partial charge on any atom is -0.352 e. The molecule has 1 saturated carbocycles. The number of benzene rings is 1. The Hall–Kier alpha value is -1.92. The first kappa shape index (κ1) is 16.5. The van der Waals surface area contributed by atoms with Gasteiger partial charge in [0.2, 0.25) is 5.91 Å².